The van der Waals surface area contributed by atoms with Gasteiger partial charge in [0.15, 0.2) is 0 Å². The van der Waals surface area contributed by atoms with Gasteiger partial charge in [-0.3, -0.25) is 0 Å². The first-order valence-electron chi connectivity index (χ1n) is 3.30. The molecule has 0 radical (unpaired) electrons. The van der Waals surface area contributed by atoms with Gasteiger partial charge >= 0.3 is 0 Å². The topological polar surface area (TPSA) is 26.0 Å². The van der Waals surface area contributed by atoms with Crippen LogP contribution in [0.5, 0.6) is 0 Å². The normalized spacial score (nSPS) is 49.4. The van der Waals surface area contributed by atoms with E-state index in [4.69, 9.17) is 5.73 Å². The number of allylic oxidation sites excluding steroid dienone is 2. The highest BCUT2D eigenvalue weighted by Gasteiger charge is 2.48. The molecule has 0 aromatic rings. The molecule has 44 valence electrons. The molecular formula is C7H11N. The van der Waals surface area contributed by atoms with Crippen LogP contribution in [0, 0.1) is 17.8 Å². The lowest BCUT2D eigenvalue weighted by atomic mass is 10.2. The molecule has 0 spiro atoms. The van der Waals surface area contributed by atoms with Gasteiger partial charge < -0.3 is 5.73 Å². The minimum Gasteiger partial charge on any atom is -0.330 e. The predicted molar refractivity (Wildman–Crippen MR) is 33.3 cm³/mol. The summed E-state index contributed by atoms with van der Waals surface area (Å²) >= 11 is 0. The highest BCUT2D eigenvalue weighted by atomic mass is 14.7. The summed E-state index contributed by atoms with van der Waals surface area (Å²) in [5, 5.41) is 0. The first-order chi connectivity index (χ1) is 3.93. The number of nitrogens with two attached hydrogens (primary N) is 1. The molecule has 1 saturated carbocycles. The Hall–Kier alpha value is -0.300. The zero-order valence-electron chi connectivity index (χ0n) is 4.88. The van der Waals surface area contributed by atoms with E-state index in [1.807, 2.05) is 0 Å². The third kappa shape index (κ3) is 0.402. The van der Waals surface area contributed by atoms with E-state index < -0.39 is 0 Å². The molecular weight excluding hydrogens is 98.1 g/mol. The van der Waals surface area contributed by atoms with Crippen LogP contribution in [0.2, 0.25) is 0 Å². The lowest BCUT2D eigenvalue weighted by Crippen LogP contribution is -2.03. The maximum atomic E-state index is 5.49. The molecule has 1 heteroatoms. The fourth-order valence-corrected chi connectivity index (χ4v) is 1.82. The summed E-state index contributed by atoms with van der Waals surface area (Å²) in [7, 11) is 0. The van der Waals surface area contributed by atoms with Crippen LogP contribution in [0.4, 0.5) is 0 Å². The summed E-state index contributed by atoms with van der Waals surface area (Å²) in [5.41, 5.74) is 5.49. The molecule has 0 heterocycles. The molecule has 0 saturated heterocycles. The summed E-state index contributed by atoms with van der Waals surface area (Å²) in [5.74, 6) is 2.71. The second-order valence-electron chi connectivity index (χ2n) is 2.80. The molecule has 0 aromatic carbocycles. The number of rotatable bonds is 1. The lowest BCUT2D eigenvalue weighted by molar-refractivity contribution is 0.714. The average Bonchev–Trinajstić information content (AvgIpc) is 2.22. The molecule has 0 aromatic heterocycles. The van der Waals surface area contributed by atoms with Crippen LogP contribution >= 0.6 is 0 Å². The maximum Gasteiger partial charge on any atom is -0.00401 e. The van der Waals surface area contributed by atoms with E-state index in [9.17, 15) is 0 Å². The zero-order chi connectivity index (χ0) is 5.56. The van der Waals surface area contributed by atoms with Crippen LogP contribution in [-0.2, 0) is 0 Å². The molecule has 8 heavy (non-hydrogen) atoms. The minimum absolute atomic E-state index is 0.861. The van der Waals surface area contributed by atoms with Crippen molar-refractivity contribution in [3.8, 4) is 0 Å². The molecule has 2 N–H and O–H groups in total. The fourth-order valence-electron chi connectivity index (χ4n) is 1.82. The highest BCUT2D eigenvalue weighted by molar-refractivity contribution is 5.16. The highest BCUT2D eigenvalue weighted by Crippen LogP contribution is 2.52. The standard InChI is InChI=1S/C7H11N/c8-4-7-5-2-1-3-6(5)7/h1-2,5-7H,3-4,8H2/t5-,6+,7-/m1/s1. The van der Waals surface area contributed by atoms with Crippen LogP contribution in [0.3, 0.4) is 0 Å². The van der Waals surface area contributed by atoms with Gasteiger partial charge in [0.1, 0.15) is 0 Å². The molecule has 3 atom stereocenters. The summed E-state index contributed by atoms with van der Waals surface area (Å²) < 4.78 is 0. The lowest BCUT2D eigenvalue weighted by Gasteiger charge is -1.89. The summed E-state index contributed by atoms with van der Waals surface area (Å²) in [6.45, 7) is 0.902. The molecule has 0 aliphatic heterocycles. The van der Waals surface area contributed by atoms with Crippen LogP contribution < -0.4 is 5.73 Å². The van der Waals surface area contributed by atoms with Crippen LogP contribution in [0.1, 0.15) is 6.42 Å². The van der Waals surface area contributed by atoms with Gasteiger partial charge in [0.05, 0.1) is 0 Å². The Morgan fingerprint density at radius 1 is 1.62 bits per heavy atom. The van der Waals surface area contributed by atoms with E-state index >= 15 is 0 Å². The van der Waals surface area contributed by atoms with Gasteiger partial charge in [-0.1, -0.05) is 12.2 Å². The second kappa shape index (κ2) is 1.35. The van der Waals surface area contributed by atoms with E-state index in [0.717, 1.165) is 24.3 Å². The molecule has 0 amide bonds. The first-order valence-corrected chi connectivity index (χ1v) is 3.30. The summed E-state index contributed by atoms with van der Waals surface area (Å²) in [4.78, 5) is 0. The molecule has 1 fully saturated rings. The number of hydrogen-bond donors (Lipinski definition) is 1. The Kier molecular flexibility index (Phi) is 0.770. The zero-order valence-corrected chi connectivity index (χ0v) is 4.88. The summed E-state index contributed by atoms with van der Waals surface area (Å²) in [6.07, 6.45) is 5.90. The molecule has 1 nitrogen and oxygen atoms in total. The second-order valence-corrected chi connectivity index (χ2v) is 2.80. The Morgan fingerprint density at radius 3 is 2.88 bits per heavy atom. The average molecular weight is 109 g/mol. The number of fused-ring (bicyclic) bond motifs is 1. The molecule has 0 bridgehead atoms. The van der Waals surface area contributed by atoms with Gasteiger partial charge in [-0.2, -0.15) is 0 Å². The SMILES string of the molecule is NC[C@@H]1[C@@H]2C=CC[C@@H]21. The molecule has 2 aliphatic carbocycles. The van der Waals surface area contributed by atoms with Crippen molar-refractivity contribution in [2.75, 3.05) is 6.54 Å². The van der Waals surface area contributed by atoms with E-state index in [0.29, 0.717) is 0 Å². The Bertz CT molecular complexity index is 128. The number of hydrogen-bond acceptors (Lipinski definition) is 1. The first kappa shape index (κ1) is 4.57. The predicted octanol–water partition coefficient (Wildman–Crippen LogP) is 0.767. The van der Waals surface area contributed by atoms with Crippen LogP contribution in [0.25, 0.3) is 0 Å². The van der Waals surface area contributed by atoms with Gasteiger partial charge in [0.2, 0.25) is 0 Å². The third-order valence-electron chi connectivity index (χ3n) is 2.44. The van der Waals surface area contributed by atoms with Gasteiger partial charge in [-0.25, -0.2) is 0 Å². The third-order valence-corrected chi connectivity index (χ3v) is 2.44. The Balaban J connectivity index is 2.03. The quantitative estimate of drug-likeness (QED) is 0.494. The smallest absolute Gasteiger partial charge is 0.00401 e. The van der Waals surface area contributed by atoms with Crippen molar-refractivity contribution in [1.82, 2.24) is 0 Å². The molecule has 0 unspecified atom stereocenters. The van der Waals surface area contributed by atoms with Crippen molar-refractivity contribution in [2.45, 2.75) is 6.42 Å². The van der Waals surface area contributed by atoms with Crippen LogP contribution in [-0.4, -0.2) is 6.54 Å². The van der Waals surface area contributed by atoms with Gasteiger partial charge in [-0.15, -0.1) is 0 Å². The van der Waals surface area contributed by atoms with Crippen molar-refractivity contribution in [3.05, 3.63) is 12.2 Å². The van der Waals surface area contributed by atoms with E-state index in [1.54, 1.807) is 0 Å². The van der Waals surface area contributed by atoms with Gasteiger partial charge in [0, 0.05) is 0 Å². The minimum atomic E-state index is 0.861. The van der Waals surface area contributed by atoms with E-state index in [2.05, 4.69) is 12.2 Å². The monoisotopic (exact) mass is 109 g/mol. The van der Waals surface area contributed by atoms with Crippen LogP contribution in [0.15, 0.2) is 12.2 Å². The van der Waals surface area contributed by atoms with E-state index in [-0.39, 0.29) is 0 Å². The Morgan fingerprint density at radius 2 is 2.50 bits per heavy atom. The van der Waals surface area contributed by atoms with E-state index in [1.165, 1.54) is 6.42 Å². The van der Waals surface area contributed by atoms with Crippen molar-refractivity contribution < 1.29 is 0 Å². The summed E-state index contributed by atoms with van der Waals surface area (Å²) in [6, 6.07) is 0. The maximum absolute atomic E-state index is 5.49. The van der Waals surface area contributed by atoms with Crippen molar-refractivity contribution in [1.29, 1.82) is 0 Å². The molecule has 2 aliphatic rings. The van der Waals surface area contributed by atoms with Gasteiger partial charge in [0.25, 0.3) is 0 Å². The Labute approximate surface area is 49.6 Å². The van der Waals surface area contributed by atoms with Crippen molar-refractivity contribution in [2.24, 2.45) is 23.5 Å². The molecule has 2 rings (SSSR count). The van der Waals surface area contributed by atoms with Gasteiger partial charge in [-0.05, 0) is 30.7 Å². The van der Waals surface area contributed by atoms with Crippen molar-refractivity contribution >= 4 is 0 Å². The fraction of sp³-hybridized carbons (Fsp3) is 0.714. The van der Waals surface area contributed by atoms with Crippen molar-refractivity contribution in [3.63, 3.8) is 0 Å². The largest absolute Gasteiger partial charge is 0.330 e.